The topological polar surface area (TPSA) is 41.3 Å². The van der Waals surface area contributed by atoms with Crippen LogP contribution in [0.2, 0.25) is 0 Å². The van der Waals surface area contributed by atoms with Crippen molar-refractivity contribution in [2.75, 3.05) is 26.2 Å². The van der Waals surface area contributed by atoms with Crippen LogP contribution in [0.25, 0.3) is 0 Å². The fourth-order valence-corrected chi connectivity index (χ4v) is 4.83. The second-order valence-corrected chi connectivity index (χ2v) is 7.52. The molecule has 0 aromatic rings. The predicted octanol–water partition coefficient (Wildman–Crippen LogP) is 1.58. The molecule has 0 aromatic carbocycles. The highest BCUT2D eigenvalue weighted by molar-refractivity contribution is 5.09. The van der Waals surface area contributed by atoms with E-state index in [2.05, 4.69) is 10.2 Å². The number of nitrogens with two attached hydrogens (primary N) is 1. The fourth-order valence-electron chi connectivity index (χ4n) is 4.83. The number of rotatable bonds is 6. The molecular weight excluding hydrogens is 234 g/mol. The van der Waals surface area contributed by atoms with Gasteiger partial charge in [-0.1, -0.05) is 0 Å². The van der Waals surface area contributed by atoms with E-state index in [1.54, 1.807) is 0 Å². The van der Waals surface area contributed by atoms with Gasteiger partial charge in [-0.25, -0.2) is 0 Å². The first kappa shape index (κ1) is 12.6. The smallest absolute Gasteiger partial charge is 0.0473 e. The lowest BCUT2D eigenvalue weighted by Gasteiger charge is -2.37. The first-order valence-electron chi connectivity index (χ1n) is 8.51. The third-order valence-electron chi connectivity index (χ3n) is 6.36. The average Bonchev–Trinajstić information content (AvgIpc) is 3.34. The maximum atomic E-state index is 6.21. The Balaban J connectivity index is 1.41. The molecule has 2 aliphatic carbocycles. The van der Waals surface area contributed by atoms with Gasteiger partial charge in [-0.05, 0) is 75.8 Å². The van der Waals surface area contributed by atoms with Crippen LogP contribution in [-0.2, 0) is 0 Å². The number of nitrogens with zero attached hydrogens (tertiary/aromatic N) is 1. The molecule has 3 nitrogen and oxygen atoms in total. The Bertz CT molecular complexity index is 325. The lowest BCUT2D eigenvalue weighted by Crippen LogP contribution is -2.59. The van der Waals surface area contributed by atoms with Gasteiger partial charge < -0.3 is 11.1 Å². The van der Waals surface area contributed by atoms with Gasteiger partial charge in [0.15, 0.2) is 0 Å². The molecule has 0 bridgehead atoms. The molecule has 0 aromatic heterocycles. The monoisotopic (exact) mass is 263 g/mol. The van der Waals surface area contributed by atoms with E-state index < -0.39 is 0 Å². The normalized spacial score (nSPS) is 39.2. The van der Waals surface area contributed by atoms with Crippen LogP contribution in [0.1, 0.15) is 44.9 Å². The molecule has 0 spiro atoms. The van der Waals surface area contributed by atoms with Gasteiger partial charge in [0.25, 0.3) is 0 Å². The summed E-state index contributed by atoms with van der Waals surface area (Å²) in [6.45, 7) is 4.66. The molecule has 2 atom stereocenters. The Kier molecular flexibility index (Phi) is 3.13. The quantitative estimate of drug-likeness (QED) is 0.764. The Hall–Kier alpha value is -0.120. The molecule has 3 heteroatoms. The summed E-state index contributed by atoms with van der Waals surface area (Å²) in [5.41, 5.74) is 6.45. The Morgan fingerprint density at radius 3 is 2.47 bits per heavy atom. The molecular formula is C16H29N3. The van der Waals surface area contributed by atoms with E-state index in [-0.39, 0.29) is 5.54 Å². The van der Waals surface area contributed by atoms with Crippen LogP contribution in [0, 0.1) is 17.8 Å². The Morgan fingerprint density at radius 2 is 1.84 bits per heavy atom. The van der Waals surface area contributed by atoms with Crippen molar-refractivity contribution in [2.45, 2.75) is 56.5 Å². The maximum absolute atomic E-state index is 6.21. The average molecular weight is 263 g/mol. The third-order valence-corrected chi connectivity index (χ3v) is 6.36. The maximum Gasteiger partial charge on any atom is 0.0473 e. The number of fused-ring (bicyclic) bond motifs is 1. The van der Waals surface area contributed by atoms with Gasteiger partial charge in [0.2, 0.25) is 0 Å². The molecule has 4 fully saturated rings. The van der Waals surface area contributed by atoms with Crippen molar-refractivity contribution in [3.05, 3.63) is 0 Å². The molecule has 0 radical (unpaired) electrons. The molecule has 108 valence electrons. The number of nitrogens with one attached hydrogen (secondary N) is 1. The summed E-state index contributed by atoms with van der Waals surface area (Å²) < 4.78 is 0. The highest BCUT2D eigenvalue weighted by Crippen LogP contribution is 2.49. The highest BCUT2D eigenvalue weighted by atomic mass is 15.3. The van der Waals surface area contributed by atoms with E-state index in [4.69, 9.17) is 5.73 Å². The van der Waals surface area contributed by atoms with Crippen LogP contribution < -0.4 is 11.1 Å². The van der Waals surface area contributed by atoms with Crippen LogP contribution in [0.4, 0.5) is 0 Å². The standard InChI is InChI=1S/C16H29N3/c17-11-16(7-9-19-8-1-2-15(16)19)18-10-14(12-3-4-12)13-5-6-13/h12-15,18H,1-11,17H2. The fraction of sp³-hybridized carbons (Fsp3) is 1.00. The minimum absolute atomic E-state index is 0.249. The third kappa shape index (κ3) is 2.24. The van der Waals surface area contributed by atoms with Crippen LogP contribution in [-0.4, -0.2) is 42.7 Å². The van der Waals surface area contributed by atoms with Crippen molar-refractivity contribution in [3.8, 4) is 0 Å². The van der Waals surface area contributed by atoms with E-state index in [1.165, 1.54) is 64.6 Å². The van der Waals surface area contributed by atoms with Crippen molar-refractivity contribution in [1.82, 2.24) is 10.2 Å². The molecule has 4 aliphatic rings. The summed E-state index contributed by atoms with van der Waals surface area (Å²) >= 11 is 0. The Morgan fingerprint density at radius 1 is 1.11 bits per heavy atom. The van der Waals surface area contributed by atoms with Gasteiger partial charge in [-0.15, -0.1) is 0 Å². The van der Waals surface area contributed by atoms with Crippen molar-refractivity contribution in [2.24, 2.45) is 23.5 Å². The first-order chi connectivity index (χ1) is 9.32. The van der Waals surface area contributed by atoms with E-state index >= 15 is 0 Å². The summed E-state index contributed by atoms with van der Waals surface area (Å²) in [5, 5.41) is 3.99. The first-order valence-corrected chi connectivity index (χ1v) is 8.51. The zero-order valence-electron chi connectivity index (χ0n) is 12.1. The van der Waals surface area contributed by atoms with Gasteiger partial charge in [-0.3, -0.25) is 4.90 Å². The van der Waals surface area contributed by atoms with Crippen LogP contribution in [0.3, 0.4) is 0 Å². The van der Waals surface area contributed by atoms with Crippen molar-refractivity contribution in [1.29, 1.82) is 0 Å². The molecule has 3 N–H and O–H groups in total. The summed E-state index contributed by atoms with van der Waals surface area (Å²) in [6.07, 6.45) is 9.99. The molecule has 2 aliphatic heterocycles. The van der Waals surface area contributed by atoms with Gasteiger partial charge in [0.1, 0.15) is 0 Å². The summed E-state index contributed by atoms with van der Waals surface area (Å²) in [5.74, 6) is 3.07. The molecule has 2 saturated carbocycles. The minimum Gasteiger partial charge on any atom is -0.329 e. The van der Waals surface area contributed by atoms with E-state index in [9.17, 15) is 0 Å². The molecule has 0 amide bonds. The van der Waals surface area contributed by atoms with E-state index in [0.717, 1.165) is 30.3 Å². The van der Waals surface area contributed by atoms with E-state index in [1.807, 2.05) is 0 Å². The lowest BCUT2D eigenvalue weighted by atomic mass is 9.87. The lowest BCUT2D eigenvalue weighted by molar-refractivity contribution is 0.211. The molecule has 2 unspecified atom stereocenters. The second-order valence-electron chi connectivity index (χ2n) is 7.52. The van der Waals surface area contributed by atoms with Gasteiger partial charge >= 0.3 is 0 Å². The molecule has 2 heterocycles. The van der Waals surface area contributed by atoms with Crippen molar-refractivity contribution >= 4 is 0 Å². The van der Waals surface area contributed by atoms with Crippen LogP contribution in [0.5, 0.6) is 0 Å². The van der Waals surface area contributed by atoms with Crippen molar-refractivity contribution < 1.29 is 0 Å². The van der Waals surface area contributed by atoms with Crippen LogP contribution >= 0.6 is 0 Å². The minimum atomic E-state index is 0.249. The van der Waals surface area contributed by atoms with Crippen molar-refractivity contribution in [3.63, 3.8) is 0 Å². The predicted molar refractivity (Wildman–Crippen MR) is 77.9 cm³/mol. The van der Waals surface area contributed by atoms with Crippen LogP contribution in [0.15, 0.2) is 0 Å². The molecule has 2 saturated heterocycles. The van der Waals surface area contributed by atoms with Gasteiger partial charge in [0, 0.05) is 24.7 Å². The number of hydrogen-bond donors (Lipinski definition) is 2. The zero-order valence-corrected chi connectivity index (χ0v) is 12.1. The summed E-state index contributed by atoms with van der Waals surface area (Å²) in [6, 6.07) is 0.733. The number of hydrogen-bond acceptors (Lipinski definition) is 3. The van der Waals surface area contributed by atoms with Gasteiger partial charge in [0.05, 0.1) is 0 Å². The Labute approximate surface area is 117 Å². The summed E-state index contributed by atoms with van der Waals surface area (Å²) in [7, 11) is 0. The SMILES string of the molecule is NCC1(NCC(C2CC2)C2CC2)CCN2CCCC21. The highest BCUT2D eigenvalue weighted by Gasteiger charge is 2.49. The summed E-state index contributed by atoms with van der Waals surface area (Å²) in [4.78, 5) is 2.68. The molecule has 4 rings (SSSR count). The largest absolute Gasteiger partial charge is 0.329 e. The molecule has 19 heavy (non-hydrogen) atoms. The van der Waals surface area contributed by atoms with E-state index in [0.29, 0.717) is 0 Å². The zero-order chi connectivity index (χ0) is 12.9. The second kappa shape index (κ2) is 4.71. The van der Waals surface area contributed by atoms with Gasteiger partial charge in [-0.2, -0.15) is 0 Å².